The van der Waals surface area contributed by atoms with Crippen molar-refractivity contribution in [2.24, 2.45) is 5.92 Å². The third-order valence-electron chi connectivity index (χ3n) is 2.45. The molecule has 0 nitrogen and oxygen atoms in total. The number of hydrogen-bond acceptors (Lipinski definition) is 0. The first-order valence-corrected chi connectivity index (χ1v) is 5.20. The summed E-state index contributed by atoms with van der Waals surface area (Å²) in [7, 11) is 0. The zero-order valence-corrected chi connectivity index (χ0v) is 9.25. The summed E-state index contributed by atoms with van der Waals surface area (Å²) in [4.78, 5) is 0. The molecule has 1 unspecified atom stereocenters. The second kappa shape index (κ2) is 4.86. The Bertz CT molecular complexity index is 328. The summed E-state index contributed by atoms with van der Waals surface area (Å²) in [5.74, 6) is 4.01. The van der Waals surface area contributed by atoms with Crippen LogP contribution in [0.4, 0.5) is 0 Å². The molecule has 0 amide bonds. The van der Waals surface area contributed by atoms with Crippen molar-refractivity contribution in [3.05, 3.63) is 35.4 Å². The van der Waals surface area contributed by atoms with Crippen LogP contribution in [0, 0.1) is 18.3 Å². The monoisotopic (exact) mass is 186 g/mol. The fraction of sp³-hybridized carbons (Fsp3) is 0.429. The summed E-state index contributed by atoms with van der Waals surface area (Å²) in [5, 5.41) is 0. The quantitative estimate of drug-likeness (QED) is 0.629. The minimum absolute atomic E-state index is 0.600. The van der Waals surface area contributed by atoms with Crippen LogP contribution in [0.25, 0.3) is 0 Å². The van der Waals surface area contributed by atoms with Gasteiger partial charge in [-0.2, -0.15) is 0 Å². The molecule has 14 heavy (non-hydrogen) atoms. The Morgan fingerprint density at radius 1 is 1.29 bits per heavy atom. The van der Waals surface area contributed by atoms with Gasteiger partial charge in [-0.25, -0.2) is 0 Å². The van der Waals surface area contributed by atoms with E-state index in [0.717, 1.165) is 11.5 Å². The second-order valence-corrected chi connectivity index (χ2v) is 4.30. The van der Waals surface area contributed by atoms with Gasteiger partial charge in [-0.05, 0) is 36.0 Å². The highest BCUT2D eigenvalue weighted by atomic mass is 14.1. The van der Waals surface area contributed by atoms with Crippen LogP contribution >= 0.6 is 0 Å². The first kappa shape index (κ1) is 10.9. The molecule has 0 heterocycles. The Kier molecular flexibility index (Phi) is 3.77. The molecule has 1 aromatic carbocycles. The molecule has 1 aromatic rings. The van der Waals surface area contributed by atoms with Gasteiger partial charge < -0.3 is 0 Å². The third-order valence-corrected chi connectivity index (χ3v) is 2.45. The lowest BCUT2D eigenvalue weighted by Crippen LogP contribution is -1.98. The Hall–Kier alpha value is -1.22. The summed E-state index contributed by atoms with van der Waals surface area (Å²) < 4.78 is 0. The van der Waals surface area contributed by atoms with E-state index >= 15 is 0 Å². The molecule has 0 N–H and O–H groups in total. The lowest BCUT2D eigenvalue weighted by atomic mass is 9.91. The van der Waals surface area contributed by atoms with Crippen molar-refractivity contribution < 1.29 is 0 Å². The fourth-order valence-corrected chi connectivity index (χ4v) is 1.78. The number of hydrogen-bond donors (Lipinski definition) is 0. The first-order chi connectivity index (χ1) is 6.63. The Morgan fingerprint density at radius 3 is 2.57 bits per heavy atom. The van der Waals surface area contributed by atoms with Gasteiger partial charge >= 0.3 is 0 Å². The molecule has 0 spiro atoms. The lowest BCUT2D eigenvalue weighted by molar-refractivity contribution is 0.523. The molecule has 0 heteroatoms. The zero-order valence-electron chi connectivity index (χ0n) is 9.25. The van der Waals surface area contributed by atoms with E-state index < -0.39 is 0 Å². The van der Waals surface area contributed by atoms with Crippen molar-refractivity contribution in [3.63, 3.8) is 0 Å². The van der Waals surface area contributed by atoms with Crippen molar-refractivity contribution in [1.29, 1.82) is 0 Å². The molecule has 0 radical (unpaired) electrons. The van der Waals surface area contributed by atoms with Crippen LogP contribution in [-0.4, -0.2) is 0 Å². The van der Waals surface area contributed by atoms with Crippen molar-refractivity contribution >= 4 is 0 Å². The molecule has 0 aliphatic rings. The molecule has 0 aliphatic carbocycles. The highest BCUT2D eigenvalue weighted by Crippen LogP contribution is 2.23. The second-order valence-electron chi connectivity index (χ2n) is 4.30. The average molecular weight is 186 g/mol. The van der Waals surface area contributed by atoms with Crippen molar-refractivity contribution in [1.82, 2.24) is 0 Å². The van der Waals surface area contributed by atoms with Gasteiger partial charge in [-0.3, -0.25) is 0 Å². The van der Waals surface area contributed by atoms with Gasteiger partial charge in [0.2, 0.25) is 0 Å². The van der Waals surface area contributed by atoms with Crippen molar-refractivity contribution in [2.75, 3.05) is 0 Å². The van der Waals surface area contributed by atoms with Crippen LogP contribution in [0.1, 0.15) is 44.2 Å². The van der Waals surface area contributed by atoms with Crippen LogP contribution in [0.15, 0.2) is 24.3 Å². The van der Waals surface area contributed by atoms with Crippen LogP contribution in [0.5, 0.6) is 0 Å². The summed E-state index contributed by atoms with van der Waals surface area (Å²) in [6.07, 6.45) is 6.59. The first-order valence-electron chi connectivity index (χ1n) is 5.20. The van der Waals surface area contributed by atoms with Crippen molar-refractivity contribution in [3.8, 4) is 12.3 Å². The predicted molar refractivity (Wildman–Crippen MR) is 62.2 cm³/mol. The fourth-order valence-electron chi connectivity index (χ4n) is 1.78. The molecular formula is C14H18. The topological polar surface area (TPSA) is 0 Å². The largest absolute Gasteiger partial charge is 0.115 e. The smallest absolute Gasteiger partial charge is 0.0245 e. The SMILES string of the molecule is C#Cc1cccc(C(C)CC(C)C)c1. The molecule has 0 aliphatic heterocycles. The molecular weight excluding hydrogens is 168 g/mol. The van der Waals surface area contributed by atoms with E-state index in [-0.39, 0.29) is 0 Å². The minimum atomic E-state index is 0.600. The highest BCUT2D eigenvalue weighted by Gasteiger charge is 2.07. The molecule has 0 saturated carbocycles. The van der Waals surface area contributed by atoms with Gasteiger partial charge in [0.25, 0.3) is 0 Å². The van der Waals surface area contributed by atoms with Gasteiger partial charge in [-0.1, -0.05) is 38.8 Å². The lowest BCUT2D eigenvalue weighted by Gasteiger charge is -2.14. The van der Waals surface area contributed by atoms with Crippen molar-refractivity contribution in [2.45, 2.75) is 33.1 Å². The maximum Gasteiger partial charge on any atom is 0.0245 e. The van der Waals surface area contributed by atoms with E-state index in [4.69, 9.17) is 6.42 Å². The van der Waals surface area contributed by atoms with E-state index in [2.05, 4.69) is 38.8 Å². The third kappa shape index (κ3) is 2.92. The molecule has 1 rings (SSSR count). The van der Waals surface area contributed by atoms with E-state index in [1.165, 1.54) is 12.0 Å². The van der Waals surface area contributed by atoms with Gasteiger partial charge in [-0.15, -0.1) is 6.42 Å². The normalized spacial score (nSPS) is 12.5. The van der Waals surface area contributed by atoms with Crippen LogP contribution in [0.2, 0.25) is 0 Å². The zero-order chi connectivity index (χ0) is 10.6. The minimum Gasteiger partial charge on any atom is -0.115 e. The van der Waals surface area contributed by atoms with Gasteiger partial charge in [0.15, 0.2) is 0 Å². The summed E-state index contributed by atoms with van der Waals surface area (Å²) in [6, 6.07) is 8.30. The van der Waals surface area contributed by atoms with E-state index in [1.54, 1.807) is 0 Å². The Morgan fingerprint density at radius 2 is 2.00 bits per heavy atom. The Labute approximate surface area is 87.4 Å². The molecule has 0 saturated heterocycles. The molecule has 0 fully saturated rings. The van der Waals surface area contributed by atoms with Gasteiger partial charge in [0, 0.05) is 5.56 Å². The predicted octanol–water partition coefficient (Wildman–Crippen LogP) is 3.82. The number of terminal acetylenes is 1. The maximum absolute atomic E-state index is 5.37. The van der Waals surface area contributed by atoms with Gasteiger partial charge in [0.05, 0.1) is 0 Å². The number of rotatable bonds is 3. The van der Waals surface area contributed by atoms with E-state index in [1.807, 2.05) is 12.1 Å². The summed E-state index contributed by atoms with van der Waals surface area (Å²) in [6.45, 7) is 6.76. The molecule has 1 atom stereocenters. The molecule has 0 bridgehead atoms. The Balaban J connectivity index is 2.80. The number of benzene rings is 1. The van der Waals surface area contributed by atoms with Crippen LogP contribution in [-0.2, 0) is 0 Å². The highest BCUT2D eigenvalue weighted by molar-refractivity contribution is 5.36. The molecule has 74 valence electrons. The summed E-state index contributed by atoms with van der Waals surface area (Å²) >= 11 is 0. The van der Waals surface area contributed by atoms with Gasteiger partial charge in [0.1, 0.15) is 0 Å². The van der Waals surface area contributed by atoms with E-state index in [9.17, 15) is 0 Å². The van der Waals surface area contributed by atoms with E-state index in [0.29, 0.717) is 5.92 Å². The molecule has 0 aromatic heterocycles. The van der Waals surface area contributed by atoms with Crippen LogP contribution in [0.3, 0.4) is 0 Å². The standard InChI is InChI=1S/C14H18/c1-5-13-7-6-8-14(10-13)12(4)9-11(2)3/h1,6-8,10-12H,9H2,2-4H3. The summed E-state index contributed by atoms with van der Waals surface area (Å²) in [5.41, 5.74) is 2.34. The average Bonchev–Trinajstić information content (AvgIpc) is 2.17. The van der Waals surface area contributed by atoms with Crippen LogP contribution < -0.4 is 0 Å². The maximum atomic E-state index is 5.37.